The summed E-state index contributed by atoms with van der Waals surface area (Å²) in [6, 6.07) is 2.85. The quantitative estimate of drug-likeness (QED) is 0.896. The number of hydrogen-bond donors (Lipinski definition) is 1. The molecule has 1 aliphatic heterocycles. The number of hydrogen-bond acceptors (Lipinski definition) is 3. The molecule has 106 valence electrons. The smallest absolute Gasteiger partial charge is 0.0762 e. The van der Waals surface area contributed by atoms with Crippen LogP contribution in [0, 0.1) is 0 Å². The predicted molar refractivity (Wildman–Crippen MR) is 81.5 cm³/mol. The van der Waals surface area contributed by atoms with Gasteiger partial charge in [-0.05, 0) is 37.5 Å². The molecule has 1 saturated carbocycles. The number of aromatic nitrogens is 2. The van der Waals surface area contributed by atoms with Crippen LogP contribution in [0.25, 0.3) is 0 Å². The average Bonchev–Trinajstić information content (AvgIpc) is 3.10. The van der Waals surface area contributed by atoms with Crippen LogP contribution in [0.4, 0.5) is 0 Å². The lowest BCUT2D eigenvalue weighted by molar-refractivity contribution is 0.460. The Balaban J connectivity index is 1.42. The third-order valence-electron chi connectivity index (χ3n) is 4.31. The maximum absolute atomic E-state index is 4.72. The lowest BCUT2D eigenvalue weighted by Crippen LogP contribution is -2.26. The summed E-state index contributed by atoms with van der Waals surface area (Å²) in [6.07, 6.45) is 11.7. The van der Waals surface area contributed by atoms with Crippen LogP contribution in [0.5, 0.6) is 0 Å². The van der Waals surface area contributed by atoms with Crippen molar-refractivity contribution >= 4 is 11.8 Å². The highest BCUT2D eigenvalue weighted by Gasteiger charge is 2.17. The molecule has 1 saturated heterocycles. The van der Waals surface area contributed by atoms with Gasteiger partial charge < -0.3 is 5.32 Å². The molecule has 0 aromatic carbocycles. The summed E-state index contributed by atoms with van der Waals surface area (Å²) < 4.78 is 2.19. The van der Waals surface area contributed by atoms with E-state index in [1.807, 2.05) is 0 Å². The van der Waals surface area contributed by atoms with Gasteiger partial charge >= 0.3 is 0 Å². The Morgan fingerprint density at radius 1 is 1.21 bits per heavy atom. The third kappa shape index (κ3) is 3.76. The molecular weight excluding hydrogens is 254 g/mol. The summed E-state index contributed by atoms with van der Waals surface area (Å²) in [6.45, 7) is 2.07. The maximum atomic E-state index is 4.72. The first kappa shape index (κ1) is 13.5. The topological polar surface area (TPSA) is 29.9 Å². The molecular formula is C15H25N3S. The molecule has 1 unspecified atom stereocenters. The number of nitrogens with one attached hydrogen (secondary N) is 1. The van der Waals surface area contributed by atoms with Crippen molar-refractivity contribution in [2.24, 2.45) is 0 Å². The second-order valence-electron chi connectivity index (χ2n) is 5.84. The minimum Gasteiger partial charge on any atom is -0.310 e. The summed E-state index contributed by atoms with van der Waals surface area (Å²) in [5, 5.41) is 9.13. The zero-order valence-electron chi connectivity index (χ0n) is 11.7. The van der Waals surface area contributed by atoms with E-state index >= 15 is 0 Å². The van der Waals surface area contributed by atoms with Gasteiger partial charge in [0.1, 0.15) is 0 Å². The highest BCUT2D eigenvalue weighted by molar-refractivity contribution is 7.99. The zero-order valence-corrected chi connectivity index (χ0v) is 12.5. The first-order chi connectivity index (χ1) is 9.42. The molecule has 0 bridgehead atoms. The molecule has 3 rings (SSSR count). The van der Waals surface area contributed by atoms with Crippen LogP contribution in [0.3, 0.4) is 0 Å². The summed E-state index contributed by atoms with van der Waals surface area (Å²) >= 11 is 2.14. The van der Waals surface area contributed by atoms with Crippen LogP contribution in [0.15, 0.2) is 12.3 Å². The van der Waals surface area contributed by atoms with E-state index in [4.69, 9.17) is 5.10 Å². The van der Waals surface area contributed by atoms with Gasteiger partial charge in [0.2, 0.25) is 0 Å². The van der Waals surface area contributed by atoms with Crippen LogP contribution >= 0.6 is 11.8 Å². The van der Waals surface area contributed by atoms with E-state index in [1.54, 1.807) is 0 Å². The standard InChI is InChI=1S/C15H25N3S/c1-2-6-14(5-1)18-9-8-13(17-18)11-16-12-15-7-3-4-10-19-15/h8-9,14-16H,1-7,10-12H2. The molecule has 19 heavy (non-hydrogen) atoms. The largest absolute Gasteiger partial charge is 0.310 e. The Bertz CT molecular complexity index is 378. The van der Waals surface area contributed by atoms with Crippen molar-refractivity contribution in [2.45, 2.75) is 62.8 Å². The molecule has 0 spiro atoms. The van der Waals surface area contributed by atoms with Crippen LogP contribution in [-0.2, 0) is 6.54 Å². The molecule has 4 heteroatoms. The molecule has 1 N–H and O–H groups in total. The minimum absolute atomic E-state index is 0.669. The van der Waals surface area contributed by atoms with Crippen LogP contribution in [0.1, 0.15) is 56.7 Å². The Kier molecular flexibility index (Phi) is 4.83. The highest BCUT2D eigenvalue weighted by atomic mass is 32.2. The molecule has 2 heterocycles. The van der Waals surface area contributed by atoms with E-state index in [0.717, 1.165) is 18.3 Å². The molecule has 0 amide bonds. The summed E-state index contributed by atoms with van der Waals surface area (Å²) in [5.41, 5.74) is 1.20. The lowest BCUT2D eigenvalue weighted by Gasteiger charge is -2.21. The molecule has 1 atom stereocenters. The minimum atomic E-state index is 0.669. The van der Waals surface area contributed by atoms with E-state index in [2.05, 4.69) is 34.0 Å². The average molecular weight is 279 g/mol. The van der Waals surface area contributed by atoms with E-state index < -0.39 is 0 Å². The normalized spacial score (nSPS) is 24.9. The Hall–Kier alpha value is -0.480. The van der Waals surface area contributed by atoms with Crippen LogP contribution in [0.2, 0.25) is 0 Å². The van der Waals surface area contributed by atoms with E-state index in [-0.39, 0.29) is 0 Å². The number of nitrogens with zero attached hydrogens (tertiary/aromatic N) is 2. The zero-order chi connectivity index (χ0) is 12.9. The molecule has 3 nitrogen and oxygen atoms in total. The Labute approximate surface area is 120 Å². The first-order valence-electron chi connectivity index (χ1n) is 7.78. The monoisotopic (exact) mass is 279 g/mol. The fourth-order valence-corrected chi connectivity index (χ4v) is 4.45. The molecule has 1 aliphatic carbocycles. The van der Waals surface area contributed by atoms with Gasteiger partial charge in [0, 0.05) is 24.5 Å². The molecule has 1 aromatic heterocycles. The first-order valence-corrected chi connectivity index (χ1v) is 8.83. The van der Waals surface area contributed by atoms with Crippen molar-refractivity contribution in [1.29, 1.82) is 0 Å². The molecule has 0 radical (unpaired) electrons. The van der Waals surface area contributed by atoms with Gasteiger partial charge in [0.15, 0.2) is 0 Å². The van der Waals surface area contributed by atoms with Gasteiger partial charge in [-0.2, -0.15) is 16.9 Å². The lowest BCUT2D eigenvalue weighted by atomic mass is 10.2. The van der Waals surface area contributed by atoms with E-state index in [1.165, 1.54) is 56.4 Å². The molecule has 2 aliphatic rings. The maximum Gasteiger partial charge on any atom is 0.0762 e. The van der Waals surface area contributed by atoms with Crippen molar-refractivity contribution < 1.29 is 0 Å². The summed E-state index contributed by atoms with van der Waals surface area (Å²) in [5.74, 6) is 1.35. The number of rotatable bonds is 5. The Morgan fingerprint density at radius 2 is 2.05 bits per heavy atom. The SMILES string of the molecule is c1cn(C2CCCC2)nc1CNCC1CCCCS1. The van der Waals surface area contributed by atoms with Crippen molar-refractivity contribution in [1.82, 2.24) is 15.1 Å². The number of thioether (sulfide) groups is 1. The second-order valence-corrected chi connectivity index (χ2v) is 7.25. The van der Waals surface area contributed by atoms with Gasteiger partial charge in [-0.25, -0.2) is 0 Å². The van der Waals surface area contributed by atoms with E-state index in [0.29, 0.717) is 6.04 Å². The van der Waals surface area contributed by atoms with Crippen molar-refractivity contribution in [2.75, 3.05) is 12.3 Å². The van der Waals surface area contributed by atoms with Crippen molar-refractivity contribution in [3.63, 3.8) is 0 Å². The van der Waals surface area contributed by atoms with Gasteiger partial charge in [0.05, 0.1) is 11.7 Å². The second kappa shape index (κ2) is 6.80. The molecule has 1 aromatic rings. The Morgan fingerprint density at radius 3 is 2.84 bits per heavy atom. The summed E-state index contributed by atoms with van der Waals surface area (Å²) in [7, 11) is 0. The van der Waals surface area contributed by atoms with Gasteiger partial charge in [-0.3, -0.25) is 4.68 Å². The van der Waals surface area contributed by atoms with E-state index in [9.17, 15) is 0 Å². The van der Waals surface area contributed by atoms with Gasteiger partial charge in [-0.1, -0.05) is 19.3 Å². The fourth-order valence-electron chi connectivity index (χ4n) is 3.17. The van der Waals surface area contributed by atoms with Crippen molar-refractivity contribution in [3.05, 3.63) is 18.0 Å². The predicted octanol–water partition coefficient (Wildman–Crippen LogP) is 3.37. The van der Waals surface area contributed by atoms with Gasteiger partial charge in [-0.15, -0.1) is 0 Å². The molecule has 2 fully saturated rings. The van der Waals surface area contributed by atoms with Gasteiger partial charge in [0.25, 0.3) is 0 Å². The summed E-state index contributed by atoms with van der Waals surface area (Å²) in [4.78, 5) is 0. The van der Waals surface area contributed by atoms with Crippen LogP contribution in [-0.4, -0.2) is 27.3 Å². The van der Waals surface area contributed by atoms with Crippen LogP contribution < -0.4 is 5.32 Å². The van der Waals surface area contributed by atoms with Crippen molar-refractivity contribution in [3.8, 4) is 0 Å². The third-order valence-corrected chi connectivity index (χ3v) is 5.71. The highest BCUT2D eigenvalue weighted by Crippen LogP contribution is 2.28. The fraction of sp³-hybridized carbons (Fsp3) is 0.800.